The number of anilines is 1. The number of nitrogens with one attached hydrogen (secondary N) is 1. The average Bonchev–Trinajstić information content (AvgIpc) is 2.88. The van der Waals surface area contributed by atoms with Crippen molar-refractivity contribution in [3.8, 4) is 5.75 Å². The monoisotopic (exact) mass is 290 g/mol. The third-order valence-electron chi connectivity index (χ3n) is 2.86. The van der Waals surface area contributed by atoms with Crippen molar-refractivity contribution in [2.45, 2.75) is 6.54 Å². The van der Waals surface area contributed by atoms with E-state index in [1.807, 2.05) is 29.8 Å². The smallest absolute Gasteiger partial charge is 0.115 e. The van der Waals surface area contributed by atoms with Gasteiger partial charge >= 0.3 is 0 Å². The van der Waals surface area contributed by atoms with Crippen LogP contribution in [0.4, 0.5) is 5.69 Å². The maximum absolute atomic E-state index is 9.25. The first-order valence-electron chi connectivity index (χ1n) is 5.77. The zero-order valence-electron chi connectivity index (χ0n) is 9.93. The minimum atomic E-state index is 0.267. The number of fused-ring (bicyclic) bond motifs is 1. The molecule has 0 radical (unpaired) electrons. The summed E-state index contributed by atoms with van der Waals surface area (Å²) in [6.45, 7) is 0.636. The van der Waals surface area contributed by atoms with Crippen LogP contribution in [0.2, 0.25) is 5.02 Å². The summed E-state index contributed by atoms with van der Waals surface area (Å²) in [6.07, 6.45) is 0. The van der Waals surface area contributed by atoms with E-state index in [0.717, 1.165) is 21.5 Å². The summed E-state index contributed by atoms with van der Waals surface area (Å²) >= 11 is 7.80. The Morgan fingerprint density at radius 3 is 2.74 bits per heavy atom. The van der Waals surface area contributed by atoms with Crippen molar-refractivity contribution in [2.75, 3.05) is 5.32 Å². The lowest BCUT2D eigenvalue weighted by molar-refractivity contribution is 0.475. The van der Waals surface area contributed by atoms with Crippen LogP contribution in [0.15, 0.2) is 41.9 Å². The summed E-state index contributed by atoms with van der Waals surface area (Å²) in [5, 5.41) is 13.2. The molecule has 3 nitrogen and oxygen atoms in total. The zero-order valence-corrected chi connectivity index (χ0v) is 11.5. The number of halogens is 1. The van der Waals surface area contributed by atoms with E-state index in [0.29, 0.717) is 11.6 Å². The molecule has 19 heavy (non-hydrogen) atoms. The van der Waals surface area contributed by atoms with Crippen molar-refractivity contribution >= 4 is 38.8 Å². The summed E-state index contributed by atoms with van der Waals surface area (Å²) in [6, 6.07) is 10.9. The number of hydrogen-bond donors (Lipinski definition) is 2. The standard InChI is InChI=1S/C14H11ClN2OS/c15-11-5-6-12-14(17-8-19-12)13(11)16-7-9-1-3-10(18)4-2-9/h1-6,8,16,18H,7H2. The first-order valence-corrected chi connectivity index (χ1v) is 7.03. The zero-order chi connectivity index (χ0) is 13.2. The lowest BCUT2D eigenvalue weighted by Gasteiger charge is -2.09. The lowest BCUT2D eigenvalue weighted by atomic mass is 10.2. The number of rotatable bonds is 3. The summed E-state index contributed by atoms with van der Waals surface area (Å²) < 4.78 is 1.11. The predicted octanol–water partition coefficient (Wildman–Crippen LogP) is 4.27. The predicted molar refractivity (Wildman–Crippen MR) is 80.1 cm³/mol. The van der Waals surface area contributed by atoms with Gasteiger partial charge in [-0.05, 0) is 29.8 Å². The molecule has 0 saturated heterocycles. The van der Waals surface area contributed by atoms with Gasteiger partial charge in [-0.15, -0.1) is 11.3 Å². The van der Waals surface area contributed by atoms with E-state index in [9.17, 15) is 5.11 Å². The van der Waals surface area contributed by atoms with E-state index in [4.69, 9.17) is 11.6 Å². The van der Waals surface area contributed by atoms with Crippen LogP contribution in [0.25, 0.3) is 10.2 Å². The molecular weight excluding hydrogens is 280 g/mol. The number of phenolic OH excluding ortho intramolecular Hbond substituents is 1. The fourth-order valence-electron chi connectivity index (χ4n) is 1.88. The van der Waals surface area contributed by atoms with Crippen molar-refractivity contribution in [1.82, 2.24) is 4.98 Å². The minimum Gasteiger partial charge on any atom is -0.508 e. The van der Waals surface area contributed by atoms with Gasteiger partial charge in [0.05, 0.1) is 20.9 Å². The number of aromatic hydroxyl groups is 1. The van der Waals surface area contributed by atoms with E-state index in [-0.39, 0.29) is 5.75 Å². The van der Waals surface area contributed by atoms with Crippen LogP contribution in [0.5, 0.6) is 5.75 Å². The minimum absolute atomic E-state index is 0.267. The highest BCUT2D eigenvalue weighted by molar-refractivity contribution is 7.16. The number of thiazole rings is 1. The van der Waals surface area contributed by atoms with Gasteiger partial charge in [0.1, 0.15) is 11.3 Å². The van der Waals surface area contributed by atoms with Crippen LogP contribution >= 0.6 is 22.9 Å². The fraction of sp³-hybridized carbons (Fsp3) is 0.0714. The molecule has 3 rings (SSSR count). The summed E-state index contributed by atoms with van der Waals surface area (Å²) in [4.78, 5) is 4.34. The molecule has 0 spiro atoms. The Bertz CT molecular complexity index is 709. The third-order valence-corrected chi connectivity index (χ3v) is 3.97. The Kier molecular flexibility index (Phi) is 3.27. The number of aromatic nitrogens is 1. The molecule has 0 aliphatic rings. The molecule has 0 atom stereocenters. The normalized spacial score (nSPS) is 10.8. The van der Waals surface area contributed by atoms with Crippen molar-refractivity contribution in [2.24, 2.45) is 0 Å². The molecule has 3 aromatic rings. The highest BCUT2D eigenvalue weighted by Gasteiger charge is 2.08. The Hall–Kier alpha value is -1.78. The first kappa shape index (κ1) is 12.3. The quantitative estimate of drug-likeness (QED) is 0.757. The summed E-state index contributed by atoms with van der Waals surface area (Å²) in [5.74, 6) is 0.267. The highest BCUT2D eigenvalue weighted by atomic mass is 35.5. The molecule has 5 heteroatoms. The molecule has 2 N–H and O–H groups in total. The van der Waals surface area contributed by atoms with Crippen molar-refractivity contribution in [1.29, 1.82) is 0 Å². The lowest BCUT2D eigenvalue weighted by Crippen LogP contribution is -2.00. The maximum atomic E-state index is 9.25. The number of nitrogens with zero attached hydrogens (tertiary/aromatic N) is 1. The van der Waals surface area contributed by atoms with Gasteiger partial charge in [0.15, 0.2) is 0 Å². The molecule has 1 aromatic heterocycles. The molecule has 0 aliphatic heterocycles. The largest absolute Gasteiger partial charge is 0.508 e. The second-order valence-electron chi connectivity index (χ2n) is 4.14. The van der Waals surface area contributed by atoms with Gasteiger partial charge in [0, 0.05) is 6.54 Å². The van der Waals surface area contributed by atoms with Crippen LogP contribution in [-0.4, -0.2) is 10.1 Å². The van der Waals surface area contributed by atoms with E-state index >= 15 is 0 Å². The summed E-state index contributed by atoms with van der Waals surface area (Å²) in [7, 11) is 0. The Labute approximate surface area is 119 Å². The highest BCUT2D eigenvalue weighted by Crippen LogP contribution is 2.32. The van der Waals surface area contributed by atoms with Gasteiger partial charge in [-0.3, -0.25) is 0 Å². The number of hydrogen-bond acceptors (Lipinski definition) is 4. The molecule has 0 aliphatic carbocycles. The molecule has 1 heterocycles. The number of phenols is 1. The van der Waals surface area contributed by atoms with Crippen LogP contribution < -0.4 is 5.32 Å². The second kappa shape index (κ2) is 5.07. The summed E-state index contributed by atoms with van der Waals surface area (Å²) in [5.41, 5.74) is 4.64. The Morgan fingerprint density at radius 2 is 1.95 bits per heavy atom. The van der Waals surface area contributed by atoms with Crippen LogP contribution in [0.3, 0.4) is 0 Å². The van der Waals surface area contributed by atoms with Crippen LogP contribution in [0, 0.1) is 0 Å². The molecule has 0 amide bonds. The second-order valence-corrected chi connectivity index (χ2v) is 5.44. The van der Waals surface area contributed by atoms with Crippen LogP contribution in [0.1, 0.15) is 5.56 Å². The Morgan fingerprint density at radius 1 is 1.16 bits per heavy atom. The van der Waals surface area contributed by atoms with Crippen molar-refractivity contribution in [3.63, 3.8) is 0 Å². The molecule has 0 saturated carbocycles. The van der Waals surface area contributed by atoms with Crippen LogP contribution in [-0.2, 0) is 6.54 Å². The SMILES string of the molecule is Oc1ccc(CNc2c(Cl)ccc3scnc23)cc1. The fourth-order valence-corrected chi connectivity index (χ4v) is 2.78. The van der Waals surface area contributed by atoms with E-state index < -0.39 is 0 Å². The van der Waals surface area contributed by atoms with Crippen molar-refractivity contribution in [3.05, 3.63) is 52.5 Å². The topological polar surface area (TPSA) is 45.1 Å². The average molecular weight is 291 g/mol. The number of benzene rings is 2. The maximum Gasteiger partial charge on any atom is 0.115 e. The van der Waals surface area contributed by atoms with Crippen molar-refractivity contribution < 1.29 is 5.11 Å². The molecule has 0 bridgehead atoms. The van der Waals surface area contributed by atoms with E-state index in [1.54, 1.807) is 23.5 Å². The molecule has 0 unspecified atom stereocenters. The van der Waals surface area contributed by atoms with Gasteiger partial charge in [-0.1, -0.05) is 23.7 Å². The van der Waals surface area contributed by atoms with E-state index in [1.165, 1.54) is 0 Å². The van der Waals surface area contributed by atoms with E-state index in [2.05, 4.69) is 10.3 Å². The molecular formula is C14H11ClN2OS. The first-order chi connectivity index (χ1) is 9.24. The molecule has 2 aromatic carbocycles. The van der Waals surface area contributed by atoms with Gasteiger partial charge in [-0.2, -0.15) is 0 Å². The molecule has 0 fully saturated rings. The third kappa shape index (κ3) is 2.50. The Balaban J connectivity index is 1.87. The van der Waals surface area contributed by atoms with Gasteiger partial charge in [0.2, 0.25) is 0 Å². The van der Waals surface area contributed by atoms with Gasteiger partial charge < -0.3 is 10.4 Å². The van der Waals surface area contributed by atoms with Gasteiger partial charge in [-0.25, -0.2) is 4.98 Å². The van der Waals surface area contributed by atoms with Gasteiger partial charge in [0.25, 0.3) is 0 Å². The molecule has 96 valence electrons.